The molecule has 4 rings (SSSR count). The Balaban J connectivity index is 1.96. The van der Waals surface area contributed by atoms with E-state index in [2.05, 4.69) is 34.0 Å². The predicted octanol–water partition coefficient (Wildman–Crippen LogP) is 4.93. The van der Waals surface area contributed by atoms with Crippen molar-refractivity contribution in [3.05, 3.63) is 52.4 Å². The van der Waals surface area contributed by atoms with Gasteiger partial charge in [-0.15, -0.1) is 0 Å². The SMILES string of the molecule is Cc1cn(C)c2ccc(-n3c(-c4cc(C(C)C)c(O)cc4O)n[nH]c3=S)cc12. The Morgan fingerprint density at radius 2 is 1.86 bits per heavy atom. The number of aromatic nitrogens is 4. The first kappa shape index (κ1) is 18.3. The van der Waals surface area contributed by atoms with Gasteiger partial charge in [-0.25, -0.2) is 0 Å². The van der Waals surface area contributed by atoms with Gasteiger partial charge in [0, 0.05) is 30.2 Å². The van der Waals surface area contributed by atoms with Crippen LogP contribution in [0, 0.1) is 11.7 Å². The number of phenols is 2. The summed E-state index contributed by atoms with van der Waals surface area (Å²) in [4.78, 5) is 0. The average Bonchev–Trinajstić information content (AvgIpc) is 3.14. The molecule has 7 heteroatoms. The van der Waals surface area contributed by atoms with Crippen LogP contribution < -0.4 is 0 Å². The third-order valence-electron chi connectivity index (χ3n) is 5.11. The first-order valence-electron chi connectivity index (χ1n) is 9.07. The fraction of sp³-hybridized carbons (Fsp3) is 0.238. The molecule has 0 amide bonds. The Kier molecular flexibility index (Phi) is 4.27. The van der Waals surface area contributed by atoms with Crippen molar-refractivity contribution in [2.45, 2.75) is 26.7 Å². The van der Waals surface area contributed by atoms with E-state index in [1.54, 1.807) is 10.6 Å². The van der Waals surface area contributed by atoms with E-state index < -0.39 is 0 Å². The van der Waals surface area contributed by atoms with Crippen LogP contribution in [0.1, 0.15) is 30.9 Å². The number of nitrogens with zero attached hydrogens (tertiary/aromatic N) is 3. The summed E-state index contributed by atoms with van der Waals surface area (Å²) in [5.74, 6) is 0.614. The van der Waals surface area contributed by atoms with Crippen molar-refractivity contribution in [3.63, 3.8) is 0 Å². The van der Waals surface area contributed by atoms with Crippen molar-refractivity contribution in [2.75, 3.05) is 0 Å². The Bertz CT molecular complexity index is 1260. The second-order valence-corrected chi connectivity index (χ2v) is 7.78. The van der Waals surface area contributed by atoms with Gasteiger partial charge in [-0.2, -0.15) is 5.10 Å². The van der Waals surface area contributed by atoms with Crippen molar-refractivity contribution in [2.24, 2.45) is 7.05 Å². The molecule has 0 aliphatic carbocycles. The van der Waals surface area contributed by atoms with Gasteiger partial charge in [-0.1, -0.05) is 13.8 Å². The lowest BCUT2D eigenvalue weighted by Crippen LogP contribution is -1.99. The minimum absolute atomic E-state index is 0.0471. The van der Waals surface area contributed by atoms with Crippen LogP contribution in [-0.4, -0.2) is 29.5 Å². The molecule has 6 nitrogen and oxygen atoms in total. The molecule has 4 aromatic rings. The molecule has 0 saturated heterocycles. The van der Waals surface area contributed by atoms with Gasteiger partial charge in [0.25, 0.3) is 0 Å². The maximum atomic E-state index is 10.5. The summed E-state index contributed by atoms with van der Waals surface area (Å²) in [6.07, 6.45) is 2.09. The number of hydrogen-bond donors (Lipinski definition) is 3. The molecule has 28 heavy (non-hydrogen) atoms. The van der Waals surface area contributed by atoms with Gasteiger partial charge in [0.05, 0.1) is 11.3 Å². The third kappa shape index (κ3) is 2.79. The fourth-order valence-corrected chi connectivity index (χ4v) is 3.91. The zero-order valence-corrected chi connectivity index (χ0v) is 17.0. The minimum Gasteiger partial charge on any atom is -0.508 e. The molecular weight excluding hydrogens is 372 g/mol. The van der Waals surface area contributed by atoms with E-state index in [1.165, 1.54) is 11.6 Å². The first-order chi connectivity index (χ1) is 13.3. The highest BCUT2D eigenvalue weighted by Gasteiger charge is 2.19. The predicted molar refractivity (Wildman–Crippen MR) is 113 cm³/mol. The van der Waals surface area contributed by atoms with Gasteiger partial charge in [-0.3, -0.25) is 9.67 Å². The number of nitrogens with one attached hydrogen (secondary N) is 1. The standard InChI is InChI=1S/C21H22N4O2S/c1-11(2)14-8-16(19(27)9-18(14)26)20-22-23-21(28)25(20)13-5-6-17-15(7-13)12(3)10-24(17)4/h5-11,26-27H,1-4H3,(H,23,28). The van der Waals surface area contributed by atoms with E-state index in [-0.39, 0.29) is 17.4 Å². The number of aromatic hydroxyl groups is 2. The second-order valence-electron chi connectivity index (χ2n) is 7.40. The van der Waals surface area contributed by atoms with Crippen LogP contribution in [0.5, 0.6) is 11.5 Å². The number of benzene rings is 2. The molecule has 0 unspecified atom stereocenters. The molecule has 0 aliphatic rings. The number of phenolic OH excluding ortho intramolecular Hbond substituents is 2. The number of rotatable bonds is 3. The molecule has 0 aliphatic heterocycles. The van der Waals surface area contributed by atoms with Crippen molar-refractivity contribution in [1.82, 2.24) is 19.3 Å². The maximum Gasteiger partial charge on any atom is 0.200 e. The molecule has 0 saturated carbocycles. The quantitative estimate of drug-likeness (QED) is 0.431. The normalized spacial score (nSPS) is 11.6. The van der Waals surface area contributed by atoms with Crippen LogP contribution in [0.15, 0.2) is 36.5 Å². The number of H-pyrrole nitrogens is 1. The van der Waals surface area contributed by atoms with E-state index in [9.17, 15) is 10.2 Å². The summed E-state index contributed by atoms with van der Waals surface area (Å²) in [5.41, 5.74) is 4.41. The molecular formula is C21H22N4O2S. The molecule has 0 bridgehead atoms. The average molecular weight is 395 g/mol. The van der Waals surface area contributed by atoms with Gasteiger partial charge >= 0.3 is 0 Å². The van der Waals surface area contributed by atoms with Gasteiger partial charge in [0.1, 0.15) is 11.5 Å². The summed E-state index contributed by atoms with van der Waals surface area (Å²) in [6.45, 7) is 6.04. The molecule has 0 fully saturated rings. The molecule has 3 N–H and O–H groups in total. The van der Waals surface area contributed by atoms with Crippen LogP contribution in [0.2, 0.25) is 0 Å². The number of hydrogen-bond acceptors (Lipinski definition) is 4. The molecule has 2 heterocycles. The molecule has 0 radical (unpaired) electrons. The van der Waals surface area contributed by atoms with Gasteiger partial charge < -0.3 is 14.8 Å². The number of aromatic amines is 1. The minimum atomic E-state index is -0.0471. The van der Waals surface area contributed by atoms with Crippen LogP contribution in [-0.2, 0) is 7.05 Å². The summed E-state index contributed by atoms with van der Waals surface area (Å²) >= 11 is 5.48. The molecule has 144 valence electrons. The molecule has 0 spiro atoms. The number of fused-ring (bicyclic) bond motifs is 1. The third-order valence-corrected chi connectivity index (χ3v) is 5.38. The summed E-state index contributed by atoms with van der Waals surface area (Å²) in [7, 11) is 2.02. The van der Waals surface area contributed by atoms with E-state index in [0.29, 0.717) is 16.2 Å². The van der Waals surface area contributed by atoms with Crippen molar-refractivity contribution in [3.8, 4) is 28.6 Å². The van der Waals surface area contributed by atoms with Crippen molar-refractivity contribution in [1.29, 1.82) is 0 Å². The first-order valence-corrected chi connectivity index (χ1v) is 9.48. The van der Waals surface area contributed by atoms with Crippen LogP contribution in [0.3, 0.4) is 0 Å². The van der Waals surface area contributed by atoms with E-state index in [1.807, 2.05) is 33.0 Å². The molecule has 2 aromatic carbocycles. The van der Waals surface area contributed by atoms with E-state index >= 15 is 0 Å². The maximum absolute atomic E-state index is 10.5. The van der Waals surface area contributed by atoms with Crippen LogP contribution in [0.25, 0.3) is 28.0 Å². The summed E-state index contributed by atoms with van der Waals surface area (Å²) in [6, 6.07) is 9.23. The number of aryl methyl sites for hydroxylation is 2. The zero-order chi connectivity index (χ0) is 20.2. The lowest BCUT2D eigenvalue weighted by Gasteiger charge is -2.13. The van der Waals surface area contributed by atoms with Gasteiger partial charge in [0.15, 0.2) is 10.6 Å². The highest BCUT2D eigenvalue weighted by Crippen LogP contribution is 2.38. The lowest BCUT2D eigenvalue weighted by molar-refractivity contribution is 0.444. The van der Waals surface area contributed by atoms with Crippen molar-refractivity contribution >= 4 is 23.1 Å². The van der Waals surface area contributed by atoms with E-state index in [4.69, 9.17) is 12.2 Å². The topological polar surface area (TPSA) is 79.0 Å². The van der Waals surface area contributed by atoms with Gasteiger partial charge in [0.2, 0.25) is 0 Å². The smallest absolute Gasteiger partial charge is 0.200 e. The Morgan fingerprint density at radius 1 is 1.11 bits per heavy atom. The Labute approximate surface area is 167 Å². The Morgan fingerprint density at radius 3 is 2.57 bits per heavy atom. The van der Waals surface area contributed by atoms with Crippen LogP contribution >= 0.6 is 12.2 Å². The monoisotopic (exact) mass is 394 g/mol. The largest absolute Gasteiger partial charge is 0.508 e. The highest BCUT2D eigenvalue weighted by molar-refractivity contribution is 7.71. The fourth-order valence-electron chi connectivity index (χ4n) is 3.67. The lowest BCUT2D eigenvalue weighted by atomic mass is 9.98. The van der Waals surface area contributed by atoms with Crippen molar-refractivity contribution < 1.29 is 10.2 Å². The van der Waals surface area contributed by atoms with Crippen LogP contribution in [0.4, 0.5) is 0 Å². The van der Waals surface area contributed by atoms with Gasteiger partial charge in [-0.05, 0) is 60.5 Å². The van der Waals surface area contributed by atoms with E-state index in [0.717, 1.165) is 22.2 Å². The Hall–Kier alpha value is -3.06. The molecule has 2 aromatic heterocycles. The second kappa shape index (κ2) is 6.53. The highest BCUT2D eigenvalue weighted by atomic mass is 32.1. The summed E-state index contributed by atoms with van der Waals surface area (Å²) in [5, 5.41) is 29.0. The zero-order valence-electron chi connectivity index (χ0n) is 16.2. The summed E-state index contributed by atoms with van der Waals surface area (Å²) < 4.78 is 4.32. The molecule has 0 atom stereocenters.